The maximum atomic E-state index is 12.1. The van der Waals surface area contributed by atoms with E-state index < -0.39 is 0 Å². The molecular weight excluding hydrogens is 392 g/mol. The van der Waals surface area contributed by atoms with E-state index >= 15 is 0 Å². The fraction of sp³-hybridized carbons (Fsp3) is 0.240. The van der Waals surface area contributed by atoms with Gasteiger partial charge in [-0.25, -0.2) is 0 Å². The summed E-state index contributed by atoms with van der Waals surface area (Å²) in [7, 11) is 1.66. The maximum Gasteiger partial charge on any atom is 0.262 e. The standard InChI is InChI=1S/C25H28N2O4/c1-3-30-24-15-20(17-26-16-19-8-7-11-22(14-19)29-2)12-13-23(24)31-18-25(28)27-21-9-5-4-6-10-21/h4-15,26H,3,16-18H2,1-2H3,(H,27,28). The van der Waals surface area contributed by atoms with Crippen LogP contribution in [0.4, 0.5) is 5.69 Å². The summed E-state index contributed by atoms with van der Waals surface area (Å²) < 4.78 is 16.7. The number of anilines is 1. The number of nitrogens with one attached hydrogen (secondary N) is 2. The third-order valence-electron chi connectivity index (χ3n) is 4.52. The van der Waals surface area contributed by atoms with Gasteiger partial charge in [-0.15, -0.1) is 0 Å². The molecule has 3 aromatic rings. The Hall–Kier alpha value is -3.51. The number of hydrogen-bond donors (Lipinski definition) is 2. The monoisotopic (exact) mass is 420 g/mol. The predicted octanol–water partition coefficient (Wildman–Crippen LogP) is 4.40. The van der Waals surface area contributed by atoms with E-state index in [4.69, 9.17) is 14.2 Å². The highest BCUT2D eigenvalue weighted by Gasteiger charge is 2.10. The highest BCUT2D eigenvalue weighted by molar-refractivity contribution is 5.91. The van der Waals surface area contributed by atoms with Gasteiger partial charge in [0.1, 0.15) is 5.75 Å². The van der Waals surface area contributed by atoms with E-state index in [0.29, 0.717) is 24.7 Å². The van der Waals surface area contributed by atoms with Gasteiger partial charge in [0.05, 0.1) is 13.7 Å². The van der Waals surface area contributed by atoms with Gasteiger partial charge in [-0.05, 0) is 54.4 Å². The SMILES string of the molecule is CCOc1cc(CNCc2cccc(OC)c2)ccc1OCC(=O)Nc1ccccc1. The van der Waals surface area contributed by atoms with Crippen LogP contribution < -0.4 is 24.8 Å². The molecule has 0 aliphatic rings. The molecule has 0 unspecified atom stereocenters. The van der Waals surface area contributed by atoms with Crippen molar-refractivity contribution in [2.45, 2.75) is 20.0 Å². The Morgan fingerprint density at radius 1 is 0.839 bits per heavy atom. The normalized spacial score (nSPS) is 10.4. The van der Waals surface area contributed by atoms with Crippen molar-refractivity contribution in [2.75, 3.05) is 25.6 Å². The average molecular weight is 421 g/mol. The number of amides is 1. The zero-order chi connectivity index (χ0) is 21.9. The number of rotatable bonds is 11. The van der Waals surface area contributed by atoms with E-state index in [-0.39, 0.29) is 12.5 Å². The molecule has 31 heavy (non-hydrogen) atoms. The molecule has 0 fully saturated rings. The van der Waals surface area contributed by atoms with Gasteiger partial charge in [0, 0.05) is 18.8 Å². The van der Waals surface area contributed by atoms with Gasteiger partial charge in [-0.2, -0.15) is 0 Å². The van der Waals surface area contributed by atoms with Gasteiger partial charge in [-0.3, -0.25) is 4.79 Å². The Morgan fingerprint density at radius 3 is 2.35 bits per heavy atom. The summed E-state index contributed by atoms with van der Waals surface area (Å²) in [6.07, 6.45) is 0. The van der Waals surface area contributed by atoms with E-state index in [1.807, 2.05) is 73.7 Å². The predicted molar refractivity (Wildman–Crippen MR) is 122 cm³/mol. The first kappa shape index (κ1) is 22.2. The zero-order valence-corrected chi connectivity index (χ0v) is 17.9. The van der Waals surface area contributed by atoms with Crippen LogP contribution in [0.25, 0.3) is 0 Å². The second kappa shape index (κ2) is 11.6. The summed E-state index contributed by atoms with van der Waals surface area (Å²) in [6.45, 7) is 3.72. The van der Waals surface area contributed by atoms with Crippen molar-refractivity contribution in [3.05, 3.63) is 83.9 Å². The molecule has 0 radical (unpaired) electrons. The third kappa shape index (κ3) is 7.04. The van der Waals surface area contributed by atoms with E-state index in [1.165, 1.54) is 0 Å². The number of hydrogen-bond acceptors (Lipinski definition) is 5. The smallest absolute Gasteiger partial charge is 0.262 e. The van der Waals surface area contributed by atoms with E-state index in [1.54, 1.807) is 7.11 Å². The molecule has 0 bridgehead atoms. The van der Waals surface area contributed by atoms with E-state index in [9.17, 15) is 4.79 Å². The summed E-state index contributed by atoms with van der Waals surface area (Å²) in [4.78, 5) is 12.1. The molecule has 2 N–H and O–H groups in total. The first-order valence-corrected chi connectivity index (χ1v) is 10.2. The van der Waals surface area contributed by atoms with Crippen molar-refractivity contribution in [1.82, 2.24) is 5.32 Å². The minimum atomic E-state index is -0.224. The number of ether oxygens (including phenoxy) is 3. The van der Waals surface area contributed by atoms with Crippen LogP contribution in [0.15, 0.2) is 72.8 Å². The van der Waals surface area contributed by atoms with Crippen LogP contribution in [0, 0.1) is 0 Å². The minimum absolute atomic E-state index is 0.0948. The Labute approximate surface area is 183 Å². The molecule has 0 aliphatic carbocycles. The fourth-order valence-corrected chi connectivity index (χ4v) is 3.05. The highest BCUT2D eigenvalue weighted by Crippen LogP contribution is 2.28. The lowest BCUT2D eigenvalue weighted by atomic mass is 10.1. The molecule has 3 rings (SSSR count). The van der Waals surface area contributed by atoms with Gasteiger partial charge in [0.25, 0.3) is 5.91 Å². The lowest BCUT2D eigenvalue weighted by Crippen LogP contribution is -2.20. The molecule has 6 heteroatoms. The van der Waals surface area contributed by atoms with Crippen molar-refractivity contribution >= 4 is 11.6 Å². The largest absolute Gasteiger partial charge is 0.497 e. The molecule has 0 spiro atoms. The van der Waals surface area contributed by atoms with Crippen LogP contribution in [0.3, 0.4) is 0 Å². The molecule has 0 atom stereocenters. The Bertz CT molecular complexity index is 976. The van der Waals surface area contributed by atoms with Gasteiger partial charge >= 0.3 is 0 Å². The number of benzene rings is 3. The zero-order valence-electron chi connectivity index (χ0n) is 17.9. The van der Waals surface area contributed by atoms with Crippen molar-refractivity contribution in [2.24, 2.45) is 0 Å². The topological polar surface area (TPSA) is 68.8 Å². The van der Waals surface area contributed by atoms with Crippen molar-refractivity contribution < 1.29 is 19.0 Å². The lowest BCUT2D eigenvalue weighted by Gasteiger charge is -2.14. The van der Waals surface area contributed by atoms with Crippen LogP contribution in [0.2, 0.25) is 0 Å². The fourth-order valence-electron chi connectivity index (χ4n) is 3.05. The van der Waals surface area contributed by atoms with Crippen LogP contribution in [-0.2, 0) is 17.9 Å². The molecule has 0 saturated heterocycles. The van der Waals surface area contributed by atoms with Gasteiger partial charge in [0.15, 0.2) is 18.1 Å². The molecule has 3 aromatic carbocycles. The van der Waals surface area contributed by atoms with Gasteiger partial charge in [-0.1, -0.05) is 36.4 Å². The molecule has 0 aromatic heterocycles. The van der Waals surface area contributed by atoms with Crippen LogP contribution in [-0.4, -0.2) is 26.2 Å². The van der Waals surface area contributed by atoms with Gasteiger partial charge < -0.3 is 24.8 Å². The highest BCUT2D eigenvalue weighted by atomic mass is 16.5. The lowest BCUT2D eigenvalue weighted by molar-refractivity contribution is -0.118. The van der Waals surface area contributed by atoms with E-state index in [2.05, 4.69) is 16.7 Å². The van der Waals surface area contributed by atoms with Crippen molar-refractivity contribution in [3.63, 3.8) is 0 Å². The van der Waals surface area contributed by atoms with Crippen molar-refractivity contribution in [1.29, 1.82) is 0 Å². The van der Waals surface area contributed by atoms with Crippen LogP contribution >= 0.6 is 0 Å². The first-order chi connectivity index (χ1) is 15.2. The number of carbonyl (C=O) groups is 1. The number of carbonyl (C=O) groups excluding carboxylic acids is 1. The summed E-state index contributed by atoms with van der Waals surface area (Å²) in [5.74, 6) is 1.78. The summed E-state index contributed by atoms with van der Waals surface area (Å²) >= 11 is 0. The maximum absolute atomic E-state index is 12.1. The number of methoxy groups -OCH3 is 1. The molecular formula is C25H28N2O4. The molecule has 1 amide bonds. The van der Waals surface area contributed by atoms with Crippen LogP contribution in [0.1, 0.15) is 18.1 Å². The average Bonchev–Trinajstić information content (AvgIpc) is 2.79. The summed E-state index contributed by atoms with van der Waals surface area (Å²) in [6, 6.07) is 23.0. The molecule has 0 saturated carbocycles. The third-order valence-corrected chi connectivity index (χ3v) is 4.52. The quantitative estimate of drug-likeness (QED) is 0.481. The molecule has 0 aliphatic heterocycles. The summed E-state index contributed by atoms with van der Waals surface area (Å²) in [5.41, 5.74) is 2.94. The summed E-state index contributed by atoms with van der Waals surface area (Å²) in [5, 5.41) is 6.22. The first-order valence-electron chi connectivity index (χ1n) is 10.2. The van der Waals surface area contributed by atoms with Crippen LogP contribution in [0.5, 0.6) is 17.2 Å². The Kier molecular flexibility index (Phi) is 8.31. The molecule has 6 nitrogen and oxygen atoms in total. The Morgan fingerprint density at radius 2 is 1.61 bits per heavy atom. The number of para-hydroxylation sites is 1. The second-order valence-corrected chi connectivity index (χ2v) is 6.87. The Balaban J connectivity index is 1.55. The molecule has 162 valence electrons. The molecule has 0 heterocycles. The minimum Gasteiger partial charge on any atom is -0.497 e. The second-order valence-electron chi connectivity index (χ2n) is 6.87. The van der Waals surface area contributed by atoms with Gasteiger partial charge in [0.2, 0.25) is 0 Å². The van der Waals surface area contributed by atoms with E-state index in [0.717, 1.165) is 29.1 Å². The van der Waals surface area contributed by atoms with Crippen molar-refractivity contribution in [3.8, 4) is 17.2 Å².